The van der Waals surface area contributed by atoms with Gasteiger partial charge >= 0.3 is 6.09 Å². The summed E-state index contributed by atoms with van der Waals surface area (Å²) in [5.74, 6) is 0.0205. The lowest BCUT2D eigenvalue weighted by molar-refractivity contribution is 0.0202. The average molecular weight is 553 g/mol. The molecular weight excluding hydrogens is 527 g/mol. The number of H-pyrrole nitrogens is 1. The molecule has 12 heteroatoms. The topological polar surface area (TPSA) is 114 Å². The number of piperazine rings is 1. The van der Waals surface area contributed by atoms with Gasteiger partial charge in [-0.2, -0.15) is 0 Å². The molecule has 0 aliphatic carbocycles. The normalized spacial score (nSPS) is 17.1. The summed E-state index contributed by atoms with van der Waals surface area (Å²) in [4.78, 5) is 44.8. The van der Waals surface area contributed by atoms with Crippen molar-refractivity contribution < 1.29 is 18.7 Å². The maximum atomic E-state index is 16.4. The van der Waals surface area contributed by atoms with Gasteiger partial charge in [-0.25, -0.2) is 24.1 Å². The first-order valence-corrected chi connectivity index (χ1v) is 12.9. The van der Waals surface area contributed by atoms with Crippen LogP contribution in [0.25, 0.3) is 32.9 Å². The van der Waals surface area contributed by atoms with E-state index in [0.717, 1.165) is 0 Å². The molecule has 202 valence electrons. The van der Waals surface area contributed by atoms with Gasteiger partial charge in [0.25, 0.3) is 5.56 Å². The second kappa shape index (κ2) is 9.04. The van der Waals surface area contributed by atoms with E-state index < -0.39 is 23.1 Å². The minimum Gasteiger partial charge on any atom is -0.489 e. The zero-order valence-electron chi connectivity index (χ0n) is 21.8. The van der Waals surface area contributed by atoms with Crippen molar-refractivity contribution in [2.24, 2.45) is 0 Å². The molecule has 2 aromatic heterocycles. The number of hydrogen-bond acceptors (Lipinski definition) is 8. The number of nitrogens with one attached hydrogen (secondary N) is 1. The van der Waals surface area contributed by atoms with E-state index in [1.807, 2.05) is 25.7 Å². The van der Waals surface area contributed by atoms with Crippen molar-refractivity contribution in [1.82, 2.24) is 24.8 Å². The van der Waals surface area contributed by atoms with Gasteiger partial charge in [0.05, 0.1) is 33.7 Å². The Morgan fingerprint density at radius 2 is 1.97 bits per heavy atom. The first kappa shape index (κ1) is 25.3. The quantitative estimate of drug-likeness (QED) is 0.368. The number of nitrogens with zero attached hydrogens (tertiary/aromatic N) is 5. The molecule has 0 saturated carbocycles. The molecule has 39 heavy (non-hydrogen) atoms. The van der Waals surface area contributed by atoms with Crippen molar-refractivity contribution in [3.05, 3.63) is 51.5 Å². The molecule has 2 aliphatic rings. The SMILES string of the molecule is Cc1ccc2nc[nH]c(=O)c2c1-c1c(Cl)c2c3c(ncnc3c1F)N1CCN(C(=O)OC(C)(C)C)C[C@H]1CO2. The lowest BCUT2D eigenvalue weighted by Crippen LogP contribution is -2.57. The van der Waals surface area contributed by atoms with Crippen LogP contribution in [0.3, 0.4) is 0 Å². The summed E-state index contributed by atoms with van der Waals surface area (Å²) in [7, 11) is 0. The lowest BCUT2D eigenvalue weighted by atomic mass is 9.94. The third-order valence-corrected chi connectivity index (χ3v) is 7.36. The van der Waals surface area contributed by atoms with E-state index in [4.69, 9.17) is 21.1 Å². The van der Waals surface area contributed by atoms with Crippen molar-refractivity contribution in [2.45, 2.75) is 39.3 Å². The fourth-order valence-corrected chi connectivity index (χ4v) is 5.63. The highest BCUT2D eigenvalue weighted by molar-refractivity contribution is 6.37. The number of aromatic amines is 1. The maximum absolute atomic E-state index is 16.4. The molecule has 2 aromatic carbocycles. The van der Waals surface area contributed by atoms with Crippen LogP contribution in [0.5, 0.6) is 5.75 Å². The van der Waals surface area contributed by atoms with Crippen LogP contribution in [0.15, 0.2) is 29.6 Å². The number of amides is 1. The van der Waals surface area contributed by atoms with Crippen LogP contribution in [-0.2, 0) is 4.74 Å². The summed E-state index contributed by atoms with van der Waals surface area (Å²) in [5, 5.41) is 0.582. The molecule has 1 saturated heterocycles. The highest BCUT2D eigenvalue weighted by Gasteiger charge is 2.38. The Kier molecular flexibility index (Phi) is 5.87. The van der Waals surface area contributed by atoms with E-state index >= 15 is 4.39 Å². The van der Waals surface area contributed by atoms with Crippen LogP contribution in [0, 0.1) is 12.7 Å². The van der Waals surface area contributed by atoms with Crippen molar-refractivity contribution in [1.29, 1.82) is 0 Å². The van der Waals surface area contributed by atoms with Gasteiger partial charge in [0.1, 0.15) is 29.9 Å². The van der Waals surface area contributed by atoms with E-state index in [9.17, 15) is 9.59 Å². The molecule has 0 spiro atoms. The number of aromatic nitrogens is 4. The summed E-state index contributed by atoms with van der Waals surface area (Å²) in [5.41, 5.74) is 0.378. The number of carbonyl (C=O) groups is 1. The molecule has 10 nitrogen and oxygen atoms in total. The smallest absolute Gasteiger partial charge is 0.410 e. The highest BCUT2D eigenvalue weighted by Crippen LogP contribution is 2.49. The molecule has 1 fully saturated rings. The Bertz CT molecular complexity index is 1720. The average Bonchev–Trinajstić information content (AvgIpc) is 3.05. The Balaban J connectivity index is 1.50. The van der Waals surface area contributed by atoms with Gasteiger partial charge in [-0.1, -0.05) is 17.7 Å². The predicted octanol–water partition coefficient (Wildman–Crippen LogP) is 4.45. The molecule has 4 aromatic rings. The molecule has 2 aliphatic heterocycles. The second-order valence-corrected chi connectivity index (χ2v) is 11.1. The molecule has 0 radical (unpaired) electrons. The molecule has 4 heterocycles. The summed E-state index contributed by atoms with van der Waals surface area (Å²) in [6.07, 6.45) is 2.19. The fraction of sp³-hybridized carbons (Fsp3) is 0.370. The van der Waals surface area contributed by atoms with E-state index in [1.54, 1.807) is 24.0 Å². The summed E-state index contributed by atoms with van der Waals surface area (Å²) in [6, 6.07) is 3.18. The lowest BCUT2D eigenvalue weighted by Gasteiger charge is -2.41. The minimum atomic E-state index is -0.685. The van der Waals surface area contributed by atoms with Crippen LogP contribution in [0.4, 0.5) is 15.0 Å². The third-order valence-electron chi connectivity index (χ3n) is 7.00. The number of benzene rings is 2. The monoisotopic (exact) mass is 552 g/mol. The van der Waals surface area contributed by atoms with Crippen LogP contribution < -0.4 is 15.2 Å². The molecule has 1 amide bonds. The number of hydrogen-bond donors (Lipinski definition) is 1. The molecule has 1 N–H and O–H groups in total. The summed E-state index contributed by atoms with van der Waals surface area (Å²) < 4.78 is 28.2. The van der Waals surface area contributed by atoms with Gasteiger partial charge in [0.15, 0.2) is 11.6 Å². The van der Waals surface area contributed by atoms with Crippen molar-refractivity contribution >= 4 is 45.3 Å². The maximum Gasteiger partial charge on any atom is 0.410 e. The third kappa shape index (κ3) is 4.12. The standard InChI is InChI=1S/C27H26ClFN6O4/c1-13-5-6-15-17(25(36)33-11-30-15)16(13)18-20(28)23-19-22(21(18)29)31-12-32-24(19)35-8-7-34(9-14(35)10-38-23)26(37)39-27(2,3)4/h5-6,11-12,14H,7-10H2,1-4H3,(H,30,33,36)/t14-/m0/s1. The van der Waals surface area contributed by atoms with Crippen LogP contribution in [0.1, 0.15) is 26.3 Å². The van der Waals surface area contributed by atoms with Gasteiger partial charge in [0, 0.05) is 30.8 Å². The number of ether oxygens (including phenoxy) is 2. The molecular formula is C27H26ClFN6O4. The fourth-order valence-electron chi connectivity index (χ4n) is 5.30. The first-order chi connectivity index (χ1) is 18.5. The number of fused-ring (bicyclic) bond motifs is 3. The Labute approximate surface area is 227 Å². The Morgan fingerprint density at radius 1 is 1.18 bits per heavy atom. The second-order valence-electron chi connectivity index (χ2n) is 10.7. The first-order valence-electron chi connectivity index (χ1n) is 12.6. The van der Waals surface area contributed by atoms with E-state index in [1.165, 1.54) is 12.7 Å². The molecule has 0 bridgehead atoms. The van der Waals surface area contributed by atoms with E-state index in [0.29, 0.717) is 47.5 Å². The van der Waals surface area contributed by atoms with Crippen LogP contribution >= 0.6 is 11.6 Å². The van der Waals surface area contributed by atoms with Crippen LogP contribution in [0.2, 0.25) is 5.02 Å². The number of aryl methyl sites for hydroxylation is 1. The summed E-state index contributed by atoms with van der Waals surface area (Å²) >= 11 is 6.92. The van der Waals surface area contributed by atoms with E-state index in [-0.39, 0.29) is 39.9 Å². The van der Waals surface area contributed by atoms with Gasteiger partial charge in [-0.3, -0.25) is 4.79 Å². The largest absolute Gasteiger partial charge is 0.489 e. The van der Waals surface area contributed by atoms with Crippen molar-refractivity contribution in [3.8, 4) is 16.9 Å². The van der Waals surface area contributed by atoms with Gasteiger partial charge in [0.2, 0.25) is 0 Å². The highest BCUT2D eigenvalue weighted by atomic mass is 35.5. The van der Waals surface area contributed by atoms with Gasteiger partial charge in [-0.05, 0) is 39.3 Å². The molecule has 0 unspecified atom stereocenters. The predicted molar refractivity (Wildman–Crippen MR) is 145 cm³/mol. The van der Waals surface area contributed by atoms with Crippen LogP contribution in [-0.4, -0.2) is 68.8 Å². The zero-order chi connectivity index (χ0) is 27.6. The van der Waals surface area contributed by atoms with Gasteiger partial charge < -0.3 is 24.3 Å². The molecule has 1 atom stereocenters. The molecule has 6 rings (SSSR count). The van der Waals surface area contributed by atoms with Crippen molar-refractivity contribution in [3.63, 3.8) is 0 Å². The minimum absolute atomic E-state index is 0.0127. The number of carbonyl (C=O) groups excluding carboxylic acids is 1. The number of anilines is 1. The Morgan fingerprint density at radius 3 is 2.74 bits per heavy atom. The summed E-state index contributed by atoms with van der Waals surface area (Å²) in [6.45, 7) is 8.54. The van der Waals surface area contributed by atoms with Gasteiger partial charge in [-0.15, -0.1) is 0 Å². The Hall–Kier alpha value is -3.99. The van der Waals surface area contributed by atoms with Crippen molar-refractivity contribution in [2.75, 3.05) is 31.1 Å². The number of halogens is 2. The zero-order valence-corrected chi connectivity index (χ0v) is 22.6. The van der Waals surface area contributed by atoms with E-state index in [2.05, 4.69) is 19.9 Å². The number of rotatable bonds is 1.